The van der Waals surface area contributed by atoms with Crippen molar-refractivity contribution in [2.75, 3.05) is 4.31 Å². The molecular weight excluding hydrogens is 592 g/mol. The molecule has 1 aliphatic rings. The Morgan fingerprint density at radius 3 is 2.07 bits per heavy atom. The second kappa shape index (κ2) is 12.4. The monoisotopic (exact) mass is 620 g/mol. The summed E-state index contributed by atoms with van der Waals surface area (Å²) in [6.45, 7) is 0.0732. The minimum absolute atomic E-state index is 0.0618. The molecule has 0 saturated heterocycles. The molecule has 15 heteroatoms. The van der Waals surface area contributed by atoms with E-state index in [0.29, 0.717) is 16.3 Å². The number of carbonyl (C=O) groups is 1. The van der Waals surface area contributed by atoms with Gasteiger partial charge in [0.2, 0.25) is 5.03 Å². The van der Waals surface area contributed by atoms with Gasteiger partial charge in [-0.1, -0.05) is 29.8 Å². The van der Waals surface area contributed by atoms with Crippen molar-refractivity contribution in [3.8, 4) is 0 Å². The van der Waals surface area contributed by atoms with Gasteiger partial charge in [0.15, 0.2) is 5.03 Å². The molecule has 12 nitrogen and oxygen atoms in total. The van der Waals surface area contributed by atoms with Gasteiger partial charge in [-0.2, -0.15) is 27.0 Å². The summed E-state index contributed by atoms with van der Waals surface area (Å²) in [4.78, 5) is 12.6. The van der Waals surface area contributed by atoms with Crippen molar-refractivity contribution in [3.05, 3.63) is 89.2 Å². The van der Waals surface area contributed by atoms with Gasteiger partial charge >= 0.3 is 10.1 Å². The highest BCUT2D eigenvalue weighted by molar-refractivity contribution is 7.92. The lowest BCUT2D eigenvalue weighted by Crippen LogP contribution is -2.39. The number of hydrogen-bond donors (Lipinski definition) is 2. The summed E-state index contributed by atoms with van der Waals surface area (Å²) in [6.07, 6.45) is 6.07. The van der Waals surface area contributed by atoms with Crippen LogP contribution in [-0.2, 0) is 40.8 Å². The summed E-state index contributed by atoms with van der Waals surface area (Å²) >= 11 is 5.98. The second-order valence-electron chi connectivity index (χ2n) is 9.42. The van der Waals surface area contributed by atoms with Gasteiger partial charge in [0.1, 0.15) is 0 Å². The first kappa shape index (κ1) is 30.2. The topological polar surface area (TPSA) is 156 Å². The Labute approximate surface area is 243 Å². The molecule has 1 amide bonds. The number of rotatable bonds is 8. The minimum Gasteiger partial charge on any atom is -0.349 e. The lowest BCUT2D eigenvalue weighted by Gasteiger charge is -2.27. The Bertz CT molecular complexity index is 1730. The van der Waals surface area contributed by atoms with E-state index in [1.165, 1.54) is 32.0 Å². The molecule has 2 heterocycles. The van der Waals surface area contributed by atoms with Gasteiger partial charge in [-0.15, -0.1) is 0 Å². The quantitative estimate of drug-likeness (QED) is 0.284. The Hall–Kier alpha value is -3.72. The predicted molar refractivity (Wildman–Crippen MR) is 153 cm³/mol. The van der Waals surface area contributed by atoms with Crippen LogP contribution in [0.1, 0.15) is 35.2 Å². The molecule has 2 aromatic carbocycles. The van der Waals surface area contributed by atoms with Gasteiger partial charge < -0.3 is 5.32 Å². The number of halogens is 1. The molecule has 5 rings (SSSR count). The van der Waals surface area contributed by atoms with Crippen LogP contribution in [0.3, 0.4) is 0 Å². The molecule has 1 aliphatic carbocycles. The zero-order valence-electron chi connectivity index (χ0n) is 22.3. The van der Waals surface area contributed by atoms with Gasteiger partial charge in [-0.05, 0) is 67.3 Å². The van der Waals surface area contributed by atoms with Crippen LogP contribution in [0.4, 0.5) is 5.69 Å². The maximum absolute atomic E-state index is 13.5. The van der Waals surface area contributed by atoms with E-state index in [9.17, 15) is 21.6 Å². The number of aryl methyl sites for hydroxylation is 2. The van der Waals surface area contributed by atoms with Crippen molar-refractivity contribution in [2.45, 2.75) is 41.9 Å². The van der Waals surface area contributed by atoms with E-state index < -0.39 is 20.1 Å². The maximum atomic E-state index is 13.5. The summed E-state index contributed by atoms with van der Waals surface area (Å²) in [5.41, 5.74) is 1.57. The average molecular weight is 621 g/mol. The first-order valence-corrected chi connectivity index (χ1v) is 15.7. The maximum Gasteiger partial charge on any atom is 0.313 e. The number of nitrogens with zero attached hydrogens (tertiary/aromatic N) is 5. The van der Waals surface area contributed by atoms with Gasteiger partial charge in [-0.3, -0.25) is 23.0 Å². The third-order valence-corrected chi connectivity index (χ3v) is 8.94. The van der Waals surface area contributed by atoms with E-state index in [-0.39, 0.29) is 28.5 Å². The summed E-state index contributed by atoms with van der Waals surface area (Å²) in [5, 5.41) is 10.7. The number of hydrogen-bond acceptors (Lipinski definition) is 7. The molecule has 2 aromatic heterocycles. The van der Waals surface area contributed by atoms with Gasteiger partial charge in [-0.25, -0.2) is 0 Å². The van der Waals surface area contributed by atoms with Crippen LogP contribution >= 0.6 is 11.6 Å². The highest BCUT2D eigenvalue weighted by Crippen LogP contribution is 2.27. The number of benzene rings is 2. The summed E-state index contributed by atoms with van der Waals surface area (Å²) in [5.74, 6) is -0.201. The van der Waals surface area contributed by atoms with E-state index in [1.807, 2.05) is 0 Å². The fraction of sp³-hybridized carbons (Fsp3) is 0.269. The number of aromatic nitrogens is 4. The molecule has 0 unspecified atom stereocenters. The molecule has 4 aromatic rings. The van der Waals surface area contributed by atoms with Crippen LogP contribution in [0.5, 0.6) is 0 Å². The molecular formula is C26H29ClN6O6S2. The predicted octanol–water partition coefficient (Wildman–Crippen LogP) is 3.42. The smallest absolute Gasteiger partial charge is 0.313 e. The highest BCUT2D eigenvalue weighted by atomic mass is 35.5. The molecule has 0 bridgehead atoms. The average Bonchev–Trinajstić information content (AvgIpc) is 3.55. The van der Waals surface area contributed by atoms with E-state index in [1.54, 1.807) is 68.8 Å². The molecule has 1 saturated carbocycles. The molecule has 0 spiro atoms. The second-order valence-corrected chi connectivity index (χ2v) is 13.0. The largest absolute Gasteiger partial charge is 0.349 e. The Kier molecular flexibility index (Phi) is 9.17. The molecule has 1 fully saturated rings. The molecule has 0 atom stereocenters. The van der Waals surface area contributed by atoms with E-state index in [4.69, 9.17) is 16.2 Å². The molecule has 2 N–H and O–H groups in total. The fourth-order valence-corrected chi connectivity index (χ4v) is 5.86. The first-order valence-electron chi connectivity index (χ1n) is 12.5. The molecule has 0 aliphatic heterocycles. The van der Waals surface area contributed by atoms with Crippen molar-refractivity contribution in [1.82, 2.24) is 24.9 Å². The van der Waals surface area contributed by atoms with E-state index >= 15 is 0 Å². The molecule has 41 heavy (non-hydrogen) atoms. The summed E-state index contributed by atoms with van der Waals surface area (Å²) < 4.78 is 60.0. The summed E-state index contributed by atoms with van der Waals surface area (Å²) in [6, 6.07) is 16.5. The van der Waals surface area contributed by atoms with Crippen molar-refractivity contribution in [1.29, 1.82) is 0 Å². The zero-order valence-corrected chi connectivity index (χ0v) is 24.6. The van der Waals surface area contributed by atoms with Crippen LogP contribution in [-0.4, -0.2) is 52.9 Å². The molecule has 218 valence electrons. The van der Waals surface area contributed by atoms with E-state index in [0.717, 1.165) is 24.8 Å². The summed E-state index contributed by atoms with van der Waals surface area (Å²) in [7, 11) is -4.85. The minimum atomic E-state index is -4.11. The van der Waals surface area contributed by atoms with Gasteiger partial charge in [0.05, 0.1) is 12.2 Å². The van der Waals surface area contributed by atoms with Crippen LogP contribution in [0, 0.1) is 0 Å². The lowest BCUT2D eigenvalue weighted by atomic mass is 9.93. The standard InChI is InChI=1S/C22H23ClN4O3S.C4H6N2O3S/c1-26-13-12-21(25-26)31(29,30)27(15-16-8-10-18(23)11-9-16)20-7-2-4-17(14-20)22(28)24-19-5-3-6-19;1-6-3-2-4(5-6)10(7,8)9/h2,4,7-14,19H,3,5-6,15H2,1H3,(H,24,28);2-3H,1H3,(H,7,8,9). The number of sulfonamides is 1. The Morgan fingerprint density at radius 1 is 0.976 bits per heavy atom. The van der Waals surface area contributed by atoms with Crippen molar-refractivity contribution >= 4 is 43.3 Å². The van der Waals surface area contributed by atoms with Crippen LogP contribution < -0.4 is 9.62 Å². The SMILES string of the molecule is Cn1ccc(S(=O)(=O)N(Cc2ccc(Cl)cc2)c2cccc(C(=O)NC3CCC3)c2)n1.Cn1ccc(S(=O)(=O)O)n1. The normalized spacial score (nSPS) is 13.6. The number of nitrogens with one attached hydrogen (secondary N) is 1. The van der Waals surface area contributed by atoms with Crippen molar-refractivity contribution in [2.24, 2.45) is 14.1 Å². The van der Waals surface area contributed by atoms with Gasteiger partial charge in [0.25, 0.3) is 15.9 Å². The van der Waals surface area contributed by atoms with Crippen molar-refractivity contribution < 1.29 is 26.2 Å². The molecule has 0 radical (unpaired) electrons. The van der Waals surface area contributed by atoms with Gasteiger partial charge in [0, 0.05) is 43.1 Å². The van der Waals surface area contributed by atoms with Crippen LogP contribution in [0.15, 0.2) is 83.1 Å². The number of carbonyl (C=O) groups excluding carboxylic acids is 1. The Balaban J connectivity index is 0.000000328. The van der Waals surface area contributed by atoms with E-state index in [2.05, 4.69) is 15.5 Å². The third kappa shape index (κ3) is 7.73. The zero-order chi connectivity index (χ0) is 29.8. The third-order valence-electron chi connectivity index (χ3n) is 6.27. The van der Waals surface area contributed by atoms with Crippen molar-refractivity contribution in [3.63, 3.8) is 0 Å². The Morgan fingerprint density at radius 2 is 1.59 bits per heavy atom. The van der Waals surface area contributed by atoms with Crippen LogP contribution in [0.25, 0.3) is 0 Å². The first-order chi connectivity index (χ1) is 19.3. The number of anilines is 1. The highest BCUT2D eigenvalue weighted by Gasteiger charge is 2.28. The fourth-order valence-electron chi connectivity index (χ4n) is 3.87. The van der Waals surface area contributed by atoms with Crippen LogP contribution in [0.2, 0.25) is 5.02 Å². The lowest BCUT2D eigenvalue weighted by molar-refractivity contribution is 0.0917. The number of amides is 1.